The molecule has 0 bridgehead atoms. The maximum Gasteiger partial charge on any atom is 0.408 e. The first kappa shape index (κ1) is 25.8. The minimum Gasteiger partial charge on any atom is -0.467 e. The van der Waals surface area contributed by atoms with Gasteiger partial charge in [0.2, 0.25) is 5.91 Å². The normalized spacial score (nSPS) is 17.1. The number of rotatable bonds is 11. The Balaban J connectivity index is 1.64. The molecule has 3 rings (SSSR count). The fraction of sp³-hybridized carbons (Fsp3) is 0.556. The summed E-state index contributed by atoms with van der Waals surface area (Å²) in [5.74, 6) is 0.724. The lowest BCUT2D eigenvalue weighted by molar-refractivity contribution is -0.125. The maximum absolute atomic E-state index is 13.3. The molecule has 0 aliphatic heterocycles. The van der Waals surface area contributed by atoms with Gasteiger partial charge in [-0.05, 0) is 42.4 Å². The van der Waals surface area contributed by atoms with Crippen LogP contribution in [0.3, 0.4) is 0 Å². The molecule has 0 saturated heterocycles. The van der Waals surface area contributed by atoms with Gasteiger partial charge in [0.1, 0.15) is 24.5 Å². The van der Waals surface area contributed by atoms with Crippen molar-refractivity contribution in [1.29, 1.82) is 0 Å². The molecule has 3 atom stereocenters. The number of carbonyl (C=O) groups excluding carboxylic acids is 2. The van der Waals surface area contributed by atoms with Gasteiger partial charge in [-0.25, -0.2) is 4.79 Å². The maximum atomic E-state index is 13.3. The first-order valence-corrected chi connectivity index (χ1v) is 12.4. The van der Waals surface area contributed by atoms with Gasteiger partial charge in [-0.15, -0.1) is 0 Å². The van der Waals surface area contributed by atoms with E-state index in [4.69, 9.17) is 9.15 Å². The summed E-state index contributed by atoms with van der Waals surface area (Å²) in [6, 6.07) is 11.6. The third kappa shape index (κ3) is 8.20. The molecule has 7 nitrogen and oxygen atoms in total. The van der Waals surface area contributed by atoms with E-state index in [9.17, 15) is 14.7 Å². The SMILES string of the molecule is CC(C)C[C@H](NC(=O)OCc1ccccc1)C(=O)N[C@@H](CC1CCCCC1)[C@@H](O)c1ccco1. The summed E-state index contributed by atoms with van der Waals surface area (Å²) in [7, 11) is 0. The lowest BCUT2D eigenvalue weighted by Crippen LogP contribution is -2.52. The number of carbonyl (C=O) groups is 2. The summed E-state index contributed by atoms with van der Waals surface area (Å²) in [4.78, 5) is 25.7. The molecule has 0 unspecified atom stereocenters. The number of ether oxygens (including phenoxy) is 1. The molecule has 34 heavy (non-hydrogen) atoms. The monoisotopic (exact) mass is 470 g/mol. The Morgan fingerprint density at radius 2 is 1.79 bits per heavy atom. The van der Waals surface area contributed by atoms with Crippen LogP contribution in [0.5, 0.6) is 0 Å². The van der Waals surface area contributed by atoms with E-state index in [2.05, 4.69) is 10.6 Å². The van der Waals surface area contributed by atoms with Crippen molar-refractivity contribution < 1.29 is 23.8 Å². The zero-order valence-electron chi connectivity index (χ0n) is 20.2. The van der Waals surface area contributed by atoms with Gasteiger partial charge in [0.25, 0.3) is 0 Å². The van der Waals surface area contributed by atoms with E-state index in [1.807, 2.05) is 44.2 Å². The molecule has 3 N–H and O–H groups in total. The summed E-state index contributed by atoms with van der Waals surface area (Å²) >= 11 is 0. The second-order valence-corrected chi connectivity index (χ2v) is 9.70. The smallest absolute Gasteiger partial charge is 0.408 e. The standard InChI is InChI=1S/C27H38N2O5/c1-19(2)16-23(29-27(32)34-18-21-12-7-4-8-13-21)26(31)28-22(17-20-10-5-3-6-11-20)25(30)24-14-9-15-33-24/h4,7-9,12-15,19-20,22-23,25,30H,3,5-6,10-11,16-18H2,1-2H3,(H,28,31)(H,29,32)/t22-,23-,25+/m0/s1. The molecule has 0 radical (unpaired) electrons. The van der Waals surface area contributed by atoms with Crippen LogP contribution >= 0.6 is 0 Å². The van der Waals surface area contributed by atoms with Crippen LogP contribution in [-0.2, 0) is 16.1 Å². The minimum atomic E-state index is -0.953. The van der Waals surface area contributed by atoms with E-state index in [-0.39, 0.29) is 18.4 Å². The van der Waals surface area contributed by atoms with E-state index in [0.29, 0.717) is 24.5 Å². The van der Waals surface area contributed by atoms with E-state index in [1.165, 1.54) is 25.5 Å². The molecule has 1 fully saturated rings. The highest BCUT2D eigenvalue weighted by molar-refractivity contribution is 5.85. The predicted molar refractivity (Wildman–Crippen MR) is 130 cm³/mol. The highest BCUT2D eigenvalue weighted by atomic mass is 16.5. The number of amides is 2. The average Bonchev–Trinajstić information content (AvgIpc) is 3.37. The van der Waals surface area contributed by atoms with Gasteiger partial charge in [0.05, 0.1) is 12.3 Å². The second-order valence-electron chi connectivity index (χ2n) is 9.70. The summed E-state index contributed by atoms with van der Waals surface area (Å²) in [5, 5.41) is 16.7. The quantitative estimate of drug-likeness (QED) is 0.424. The van der Waals surface area contributed by atoms with Crippen LogP contribution in [0.15, 0.2) is 53.1 Å². The molecule has 1 aliphatic rings. The number of benzene rings is 1. The number of alkyl carbamates (subject to hydrolysis) is 1. The van der Waals surface area contributed by atoms with Crippen molar-refractivity contribution in [3.05, 3.63) is 60.1 Å². The van der Waals surface area contributed by atoms with Gasteiger partial charge in [-0.3, -0.25) is 4.79 Å². The summed E-state index contributed by atoms with van der Waals surface area (Å²) in [6.07, 6.45) is 6.82. The van der Waals surface area contributed by atoms with Gasteiger partial charge in [-0.2, -0.15) is 0 Å². The van der Waals surface area contributed by atoms with Gasteiger partial charge in [-0.1, -0.05) is 76.3 Å². The molecular formula is C27H38N2O5. The van der Waals surface area contributed by atoms with Crippen LogP contribution in [0.2, 0.25) is 0 Å². The van der Waals surface area contributed by atoms with E-state index in [0.717, 1.165) is 18.4 Å². The molecule has 1 saturated carbocycles. The molecule has 1 aliphatic carbocycles. The Bertz CT molecular complexity index is 862. The molecule has 1 aromatic heterocycles. The van der Waals surface area contributed by atoms with Crippen molar-refractivity contribution in [3.8, 4) is 0 Å². The molecule has 1 heterocycles. The molecule has 7 heteroatoms. The van der Waals surface area contributed by atoms with Crippen molar-refractivity contribution in [3.63, 3.8) is 0 Å². The van der Waals surface area contributed by atoms with Crippen LogP contribution in [0, 0.1) is 11.8 Å². The largest absolute Gasteiger partial charge is 0.467 e. The number of nitrogens with one attached hydrogen (secondary N) is 2. The van der Waals surface area contributed by atoms with Gasteiger partial charge < -0.3 is 24.9 Å². The van der Waals surface area contributed by atoms with Crippen LogP contribution < -0.4 is 10.6 Å². The van der Waals surface area contributed by atoms with Crippen molar-refractivity contribution in [2.24, 2.45) is 11.8 Å². The molecule has 1 aromatic carbocycles. The Labute approximate surface area is 202 Å². The van der Waals surface area contributed by atoms with Crippen molar-refractivity contribution in [2.45, 2.75) is 83.6 Å². The van der Waals surface area contributed by atoms with Crippen molar-refractivity contribution >= 4 is 12.0 Å². The summed E-state index contributed by atoms with van der Waals surface area (Å²) < 4.78 is 10.7. The minimum absolute atomic E-state index is 0.129. The number of aliphatic hydroxyl groups excluding tert-OH is 1. The average molecular weight is 471 g/mol. The van der Waals surface area contributed by atoms with E-state index in [1.54, 1.807) is 12.1 Å². The van der Waals surface area contributed by atoms with Gasteiger partial charge >= 0.3 is 6.09 Å². The topological polar surface area (TPSA) is 101 Å². The lowest BCUT2D eigenvalue weighted by Gasteiger charge is -2.31. The highest BCUT2D eigenvalue weighted by Crippen LogP contribution is 2.31. The summed E-state index contributed by atoms with van der Waals surface area (Å²) in [6.45, 7) is 4.12. The third-order valence-corrected chi connectivity index (χ3v) is 6.38. The zero-order valence-corrected chi connectivity index (χ0v) is 20.2. The Kier molecular flexibility index (Phi) is 10.0. The number of furan rings is 1. The number of hydrogen-bond acceptors (Lipinski definition) is 5. The van der Waals surface area contributed by atoms with E-state index >= 15 is 0 Å². The first-order valence-electron chi connectivity index (χ1n) is 12.4. The fourth-order valence-corrected chi connectivity index (χ4v) is 4.60. The fourth-order valence-electron chi connectivity index (χ4n) is 4.60. The van der Waals surface area contributed by atoms with Crippen molar-refractivity contribution in [2.75, 3.05) is 0 Å². The third-order valence-electron chi connectivity index (χ3n) is 6.38. The highest BCUT2D eigenvalue weighted by Gasteiger charge is 2.31. The molecule has 0 spiro atoms. The van der Waals surface area contributed by atoms with E-state index < -0.39 is 24.3 Å². The van der Waals surface area contributed by atoms with Crippen LogP contribution in [-0.4, -0.2) is 29.2 Å². The second kappa shape index (κ2) is 13.2. The lowest BCUT2D eigenvalue weighted by atomic mass is 9.83. The predicted octanol–water partition coefficient (Wildman–Crippen LogP) is 5.11. The van der Waals surface area contributed by atoms with Crippen LogP contribution in [0.4, 0.5) is 4.79 Å². The molecule has 2 aromatic rings. The first-order chi connectivity index (χ1) is 16.4. The Hall–Kier alpha value is -2.80. The van der Waals surface area contributed by atoms with Crippen molar-refractivity contribution in [1.82, 2.24) is 10.6 Å². The zero-order chi connectivity index (χ0) is 24.3. The van der Waals surface area contributed by atoms with Crippen LogP contribution in [0.25, 0.3) is 0 Å². The Morgan fingerprint density at radius 1 is 1.06 bits per heavy atom. The Morgan fingerprint density at radius 3 is 2.44 bits per heavy atom. The summed E-state index contributed by atoms with van der Waals surface area (Å²) in [5.41, 5.74) is 0.872. The number of aliphatic hydroxyl groups is 1. The van der Waals surface area contributed by atoms with Gasteiger partial charge in [0.15, 0.2) is 0 Å². The van der Waals surface area contributed by atoms with Gasteiger partial charge in [0, 0.05) is 0 Å². The molecule has 2 amide bonds. The number of hydrogen-bond donors (Lipinski definition) is 3. The van der Waals surface area contributed by atoms with Crippen LogP contribution in [0.1, 0.15) is 76.2 Å². The molecular weight excluding hydrogens is 432 g/mol. The molecule has 186 valence electrons.